The molecule has 1 aliphatic heterocycles. The molecule has 0 aliphatic carbocycles. The van der Waals surface area contributed by atoms with Crippen LogP contribution < -0.4 is 4.74 Å². The van der Waals surface area contributed by atoms with Crippen LogP contribution in [-0.4, -0.2) is 35.7 Å². The molecule has 0 spiro atoms. The number of benzene rings is 2. The highest BCUT2D eigenvalue weighted by atomic mass is 16.5. The number of likely N-dealkylation sites (tertiary alicyclic amines) is 1. The van der Waals surface area contributed by atoms with Crippen LogP contribution in [0, 0.1) is 39.5 Å². The Labute approximate surface area is 206 Å². The number of carboxylic acid groups (broad SMARTS) is 1. The van der Waals surface area contributed by atoms with Crippen molar-refractivity contribution in [3.63, 3.8) is 0 Å². The fraction of sp³-hybridized carbons (Fsp3) is 0.567. The normalized spacial score (nSPS) is 15.2. The van der Waals surface area contributed by atoms with Crippen LogP contribution in [0.1, 0.15) is 72.4 Å². The van der Waals surface area contributed by atoms with Crippen molar-refractivity contribution in [1.29, 1.82) is 0 Å². The van der Waals surface area contributed by atoms with E-state index in [-0.39, 0.29) is 5.92 Å². The molecule has 1 N–H and O–H groups in total. The van der Waals surface area contributed by atoms with Crippen LogP contribution >= 0.6 is 0 Å². The van der Waals surface area contributed by atoms with Crippen LogP contribution in [0.2, 0.25) is 0 Å². The molecule has 1 atom stereocenters. The van der Waals surface area contributed by atoms with E-state index in [4.69, 9.17) is 9.84 Å². The Kier molecular flexibility index (Phi) is 9.58. The Morgan fingerprint density at radius 2 is 1.62 bits per heavy atom. The highest BCUT2D eigenvalue weighted by molar-refractivity contribution is 5.71. The SMILES string of the molecule is CCCCC(CCCOc1c(C)cc(CN2CC(C(=O)O)C2)cc1C)Cc1ccc(C)c(C)c1. The Morgan fingerprint density at radius 1 is 0.971 bits per heavy atom. The van der Waals surface area contributed by atoms with Gasteiger partial charge in [-0.15, -0.1) is 0 Å². The molecule has 34 heavy (non-hydrogen) atoms. The van der Waals surface area contributed by atoms with E-state index in [1.54, 1.807) is 0 Å². The average Bonchev–Trinajstić information content (AvgIpc) is 2.75. The maximum absolute atomic E-state index is 11.0. The van der Waals surface area contributed by atoms with Crippen LogP contribution in [0.3, 0.4) is 0 Å². The van der Waals surface area contributed by atoms with E-state index in [0.29, 0.717) is 19.0 Å². The van der Waals surface area contributed by atoms with Crippen LogP contribution in [0.4, 0.5) is 0 Å². The van der Waals surface area contributed by atoms with E-state index in [1.807, 2.05) is 0 Å². The lowest BCUT2D eigenvalue weighted by molar-refractivity contribution is -0.147. The molecule has 0 radical (unpaired) electrons. The quantitative estimate of drug-likeness (QED) is 0.337. The number of hydrogen-bond donors (Lipinski definition) is 1. The molecule has 0 saturated carbocycles. The van der Waals surface area contributed by atoms with Crippen molar-refractivity contribution in [3.8, 4) is 5.75 Å². The summed E-state index contributed by atoms with van der Waals surface area (Å²) in [6.07, 6.45) is 7.26. The molecule has 0 amide bonds. The molecule has 4 nitrogen and oxygen atoms in total. The van der Waals surface area contributed by atoms with Crippen molar-refractivity contribution in [2.24, 2.45) is 11.8 Å². The molecule has 0 bridgehead atoms. The van der Waals surface area contributed by atoms with Crippen molar-refractivity contribution in [2.45, 2.75) is 79.7 Å². The number of rotatable bonds is 13. The maximum atomic E-state index is 11.0. The summed E-state index contributed by atoms with van der Waals surface area (Å²) in [6.45, 7) is 13.8. The molecule has 4 heteroatoms. The first-order valence-electron chi connectivity index (χ1n) is 13.0. The van der Waals surface area contributed by atoms with Crippen LogP contribution in [0.5, 0.6) is 5.75 Å². The van der Waals surface area contributed by atoms with Gasteiger partial charge >= 0.3 is 5.97 Å². The van der Waals surface area contributed by atoms with E-state index in [0.717, 1.165) is 31.7 Å². The fourth-order valence-electron chi connectivity index (χ4n) is 5.12. The summed E-state index contributed by atoms with van der Waals surface area (Å²) in [5.41, 5.74) is 7.79. The molecule has 1 unspecified atom stereocenters. The van der Waals surface area contributed by atoms with Gasteiger partial charge in [0.1, 0.15) is 5.75 Å². The van der Waals surface area contributed by atoms with Crippen LogP contribution in [0.25, 0.3) is 0 Å². The molecule has 1 fully saturated rings. The molecule has 2 aromatic rings. The topological polar surface area (TPSA) is 49.8 Å². The van der Waals surface area contributed by atoms with Gasteiger partial charge in [-0.2, -0.15) is 0 Å². The number of nitrogens with zero attached hydrogens (tertiary/aromatic N) is 1. The zero-order chi connectivity index (χ0) is 24.7. The first-order chi connectivity index (χ1) is 16.3. The molecule has 186 valence electrons. The van der Waals surface area contributed by atoms with Gasteiger partial charge in [0.05, 0.1) is 12.5 Å². The Bertz CT molecular complexity index is 939. The third-order valence-electron chi connectivity index (χ3n) is 7.30. The smallest absolute Gasteiger partial charge is 0.309 e. The second-order valence-corrected chi connectivity index (χ2v) is 10.4. The summed E-state index contributed by atoms with van der Waals surface area (Å²) in [7, 11) is 0. The highest BCUT2D eigenvalue weighted by Gasteiger charge is 2.32. The molecular weight excluding hydrogens is 422 g/mol. The number of carboxylic acids is 1. The van der Waals surface area contributed by atoms with Gasteiger partial charge in [0.15, 0.2) is 0 Å². The molecule has 0 aromatic heterocycles. The standard InChI is InChI=1S/C30H43NO3/c1-6-7-9-25(17-26-12-11-21(2)22(3)14-26)10-8-13-34-29-23(4)15-27(16-24(29)5)18-31-19-28(20-31)30(32)33/h11-12,14-16,25,28H,6-10,13,17-20H2,1-5H3,(H,32,33). The van der Waals surface area contributed by atoms with Gasteiger partial charge in [0.2, 0.25) is 0 Å². The summed E-state index contributed by atoms with van der Waals surface area (Å²) in [4.78, 5) is 13.2. The van der Waals surface area contributed by atoms with Gasteiger partial charge in [-0.05, 0) is 86.3 Å². The number of hydrogen-bond acceptors (Lipinski definition) is 3. The first kappa shape index (κ1) is 26.3. The van der Waals surface area contributed by atoms with E-state index in [9.17, 15) is 4.79 Å². The lowest BCUT2D eigenvalue weighted by Crippen LogP contribution is -2.49. The van der Waals surface area contributed by atoms with Gasteiger partial charge in [-0.3, -0.25) is 9.69 Å². The Morgan fingerprint density at radius 3 is 2.24 bits per heavy atom. The second-order valence-electron chi connectivity index (χ2n) is 10.4. The van der Waals surface area contributed by atoms with Gasteiger partial charge in [-0.25, -0.2) is 0 Å². The molecule has 1 heterocycles. The lowest BCUT2D eigenvalue weighted by atomic mass is 9.89. The van der Waals surface area contributed by atoms with Crippen LogP contribution in [0.15, 0.2) is 30.3 Å². The third kappa shape index (κ3) is 7.33. The maximum Gasteiger partial charge on any atom is 0.309 e. The summed E-state index contributed by atoms with van der Waals surface area (Å²) < 4.78 is 6.26. The predicted octanol–water partition coefficient (Wildman–Crippen LogP) is 6.64. The van der Waals surface area contributed by atoms with Crippen molar-refractivity contribution >= 4 is 5.97 Å². The van der Waals surface area contributed by atoms with Gasteiger partial charge < -0.3 is 9.84 Å². The number of unbranched alkanes of at least 4 members (excludes halogenated alkanes) is 1. The van der Waals surface area contributed by atoms with Gasteiger partial charge in [0.25, 0.3) is 0 Å². The zero-order valence-corrected chi connectivity index (χ0v) is 21.8. The monoisotopic (exact) mass is 465 g/mol. The number of aryl methyl sites for hydroxylation is 4. The molecule has 1 saturated heterocycles. The van der Waals surface area contributed by atoms with Gasteiger partial charge in [0, 0.05) is 19.6 Å². The first-order valence-corrected chi connectivity index (χ1v) is 13.0. The van der Waals surface area contributed by atoms with E-state index in [1.165, 1.54) is 59.1 Å². The minimum atomic E-state index is -0.682. The molecule has 1 aliphatic rings. The van der Waals surface area contributed by atoms with Crippen molar-refractivity contribution < 1.29 is 14.6 Å². The molecular formula is C30H43NO3. The summed E-state index contributed by atoms with van der Waals surface area (Å²) in [5.74, 6) is 0.829. The van der Waals surface area contributed by atoms with E-state index in [2.05, 4.69) is 69.9 Å². The van der Waals surface area contributed by atoms with Crippen molar-refractivity contribution in [3.05, 3.63) is 63.7 Å². The lowest BCUT2D eigenvalue weighted by Gasteiger charge is -2.36. The number of carbonyl (C=O) groups is 1. The summed E-state index contributed by atoms with van der Waals surface area (Å²) in [5, 5.41) is 9.07. The third-order valence-corrected chi connectivity index (χ3v) is 7.30. The number of aliphatic carboxylic acids is 1. The minimum absolute atomic E-state index is 0.207. The van der Waals surface area contributed by atoms with E-state index >= 15 is 0 Å². The fourth-order valence-corrected chi connectivity index (χ4v) is 5.12. The highest BCUT2D eigenvalue weighted by Crippen LogP contribution is 2.28. The van der Waals surface area contributed by atoms with Gasteiger partial charge in [-0.1, -0.05) is 56.5 Å². The molecule has 3 rings (SSSR count). The average molecular weight is 466 g/mol. The largest absolute Gasteiger partial charge is 0.493 e. The predicted molar refractivity (Wildman–Crippen MR) is 140 cm³/mol. The summed E-state index contributed by atoms with van der Waals surface area (Å²) >= 11 is 0. The van der Waals surface area contributed by atoms with Crippen molar-refractivity contribution in [1.82, 2.24) is 4.90 Å². The summed E-state index contributed by atoms with van der Waals surface area (Å²) in [6, 6.07) is 11.3. The Balaban J connectivity index is 1.49. The van der Waals surface area contributed by atoms with Crippen molar-refractivity contribution in [2.75, 3.05) is 19.7 Å². The van der Waals surface area contributed by atoms with Crippen LogP contribution in [-0.2, 0) is 17.8 Å². The zero-order valence-electron chi connectivity index (χ0n) is 21.8. The van der Waals surface area contributed by atoms with E-state index < -0.39 is 5.97 Å². The Hall–Kier alpha value is -2.33. The molecule has 2 aromatic carbocycles. The second kappa shape index (κ2) is 12.4. The number of ether oxygens (including phenoxy) is 1. The minimum Gasteiger partial charge on any atom is -0.493 e.